The zero-order valence-corrected chi connectivity index (χ0v) is 11.2. The van der Waals surface area contributed by atoms with Gasteiger partial charge >= 0.3 is 6.18 Å². The highest BCUT2D eigenvalue weighted by molar-refractivity contribution is 6.06. The number of primary amides is 1. The molecule has 0 bridgehead atoms. The van der Waals surface area contributed by atoms with Gasteiger partial charge in [-0.25, -0.2) is 0 Å². The summed E-state index contributed by atoms with van der Waals surface area (Å²) in [4.78, 5) is 14.5. The van der Waals surface area contributed by atoms with Gasteiger partial charge < -0.3 is 10.7 Å². The van der Waals surface area contributed by atoms with E-state index in [4.69, 9.17) is 5.73 Å². The van der Waals surface area contributed by atoms with Crippen LogP contribution in [0.25, 0.3) is 22.2 Å². The standard InChI is InChI=1S/C16H11F3N2O/c17-16(18,19)10-6-4-9(5-7-10)14-8-12-11(15(20)22)2-1-3-13(12)21-14/h1-8,21H,(H2,20,22). The van der Waals surface area contributed by atoms with Crippen LogP contribution in [0.4, 0.5) is 13.2 Å². The number of hydrogen-bond donors (Lipinski definition) is 2. The van der Waals surface area contributed by atoms with Crippen molar-refractivity contribution in [3.05, 3.63) is 59.7 Å². The smallest absolute Gasteiger partial charge is 0.366 e. The Hall–Kier alpha value is -2.76. The molecule has 2 aromatic carbocycles. The molecule has 0 radical (unpaired) electrons. The Morgan fingerprint density at radius 3 is 2.32 bits per heavy atom. The van der Waals surface area contributed by atoms with E-state index in [0.29, 0.717) is 27.7 Å². The van der Waals surface area contributed by atoms with E-state index >= 15 is 0 Å². The van der Waals surface area contributed by atoms with E-state index in [1.807, 2.05) is 0 Å². The van der Waals surface area contributed by atoms with Crippen molar-refractivity contribution >= 4 is 16.8 Å². The third kappa shape index (κ3) is 2.43. The van der Waals surface area contributed by atoms with Crippen LogP contribution in [0.1, 0.15) is 15.9 Å². The van der Waals surface area contributed by atoms with E-state index in [9.17, 15) is 18.0 Å². The quantitative estimate of drug-likeness (QED) is 0.740. The molecule has 3 rings (SSSR count). The fourth-order valence-electron chi connectivity index (χ4n) is 2.36. The van der Waals surface area contributed by atoms with Crippen LogP contribution < -0.4 is 5.73 Å². The summed E-state index contributed by atoms with van der Waals surface area (Å²) in [5, 5.41) is 0.643. The van der Waals surface area contributed by atoms with Crippen LogP contribution in [0.3, 0.4) is 0 Å². The predicted octanol–water partition coefficient (Wildman–Crippen LogP) is 3.95. The van der Waals surface area contributed by atoms with Crippen LogP contribution >= 0.6 is 0 Å². The Bertz CT molecular complexity index is 848. The number of carbonyl (C=O) groups excluding carboxylic acids is 1. The number of alkyl halides is 3. The van der Waals surface area contributed by atoms with Crippen molar-refractivity contribution in [1.82, 2.24) is 4.98 Å². The molecule has 1 amide bonds. The Labute approximate surface area is 123 Å². The second-order valence-corrected chi connectivity index (χ2v) is 4.89. The van der Waals surface area contributed by atoms with Crippen LogP contribution in [-0.4, -0.2) is 10.9 Å². The number of fused-ring (bicyclic) bond motifs is 1. The zero-order valence-electron chi connectivity index (χ0n) is 11.2. The van der Waals surface area contributed by atoms with Gasteiger partial charge in [-0.3, -0.25) is 4.79 Å². The molecule has 112 valence electrons. The molecule has 0 aliphatic carbocycles. The number of benzene rings is 2. The van der Waals surface area contributed by atoms with Gasteiger partial charge in [0.25, 0.3) is 0 Å². The molecule has 0 atom stereocenters. The number of halogens is 3. The fourth-order valence-corrected chi connectivity index (χ4v) is 2.36. The second kappa shape index (κ2) is 4.91. The zero-order chi connectivity index (χ0) is 15.9. The van der Waals surface area contributed by atoms with E-state index < -0.39 is 17.6 Å². The first-order valence-electron chi connectivity index (χ1n) is 6.45. The van der Waals surface area contributed by atoms with Gasteiger partial charge in [0.15, 0.2) is 0 Å². The Balaban J connectivity index is 2.07. The summed E-state index contributed by atoms with van der Waals surface area (Å²) >= 11 is 0. The van der Waals surface area contributed by atoms with Crippen molar-refractivity contribution in [2.24, 2.45) is 5.73 Å². The van der Waals surface area contributed by atoms with Crippen LogP contribution in [0.5, 0.6) is 0 Å². The molecular weight excluding hydrogens is 293 g/mol. The highest BCUT2D eigenvalue weighted by Crippen LogP contribution is 2.32. The number of nitrogens with two attached hydrogens (primary N) is 1. The summed E-state index contributed by atoms with van der Waals surface area (Å²) < 4.78 is 37.7. The average molecular weight is 304 g/mol. The fraction of sp³-hybridized carbons (Fsp3) is 0.0625. The Morgan fingerprint density at radius 1 is 1.05 bits per heavy atom. The van der Waals surface area contributed by atoms with Crippen molar-refractivity contribution in [2.75, 3.05) is 0 Å². The first-order valence-corrected chi connectivity index (χ1v) is 6.45. The molecule has 3 nitrogen and oxygen atoms in total. The first kappa shape index (κ1) is 14.2. The average Bonchev–Trinajstić information content (AvgIpc) is 2.90. The van der Waals surface area contributed by atoms with Gasteiger partial charge in [0.05, 0.1) is 5.56 Å². The monoisotopic (exact) mass is 304 g/mol. The molecule has 0 fully saturated rings. The van der Waals surface area contributed by atoms with Gasteiger partial charge in [0.1, 0.15) is 0 Å². The molecule has 0 unspecified atom stereocenters. The summed E-state index contributed by atoms with van der Waals surface area (Å²) in [6.07, 6.45) is -4.36. The highest BCUT2D eigenvalue weighted by Gasteiger charge is 2.30. The maximum atomic E-state index is 12.6. The van der Waals surface area contributed by atoms with Gasteiger partial charge in [-0.15, -0.1) is 0 Å². The number of carbonyl (C=O) groups is 1. The molecule has 0 spiro atoms. The Morgan fingerprint density at radius 2 is 1.73 bits per heavy atom. The molecular formula is C16H11F3N2O. The molecule has 0 saturated carbocycles. The molecule has 0 saturated heterocycles. The molecule has 1 aromatic heterocycles. The molecule has 6 heteroatoms. The summed E-state index contributed by atoms with van der Waals surface area (Å²) in [7, 11) is 0. The minimum absolute atomic E-state index is 0.368. The molecule has 0 aliphatic rings. The molecule has 0 aliphatic heterocycles. The van der Waals surface area contributed by atoms with Crippen LogP contribution in [0.2, 0.25) is 0 Å². The van der Waals surface area contributed by atoms with Crippen molar-refractivity contribution in [1.29, 1.82) is 0 Å². The van der Waals surface area contributed by atoms with Gasteiger partial charge in [-0.2, -0.15) is 13.2 Å². The van der Waals surface area contributed by atoms with Crippen LogP contribution in [0.15, 0.2) is 48.5 Å². The maximum absolute atomic E-state index is 12.6. The Kier molecular flexibility index (Phi) is 3.16. The minimum atomic E-state index is -4.36. The lowest BCUT2D eigenvalue weighted by atomic mass is 10.1. The summed E-state index contributed by atoms with van der Waals surface area (Å²) in [5.74, 6) is -0.552. The molecule has 22 heavy (non-hydrogen) atoms. The van der Waals surface area contributed by atoms with Crippen molar-refractivity contribution in [2.45, 2.75) is 6.18 Å². The molecule has 3 N–H and O–H groups in total. The third-order valence-electron chi connectivity index (χ3n) is 3.45. The third-order valence-corrected chi connectivity index (χ3v) is 3.45. The van der Waals surface area contributed by atoms with Crippen molar-refractivity contribution < 1.29 is 18.0 Å². The minimum Gasteiger partial charge on any atom is -0.366 e. The van der Waals surface area contributed by atoms with E-state index in [2.05, 4.69) is 4.98 Å². The second-order valence-electron chi connectivity index (χ2n) is 4.89. The topological polar surface area (TPSA) is 58.9 Å². The largest absolute Gasteiger partial charge is 0.416 e. The highest BCUT2D eigenvalue weighted by atomic mass is 19.4. The van der Waals surface area contributed by atoms with Gasteiger partial charge in [0.2, 0.25) is 5.91 Å². The lowest BCUT2D eigenvalue weighted by Crippen LogP contribution is -2.10. The predicted molar refractivity (Wildman–Crippen MR) is 77.3 cm³/mol. The van der Waals surface area contributed by atoms with Crippen LogP contribution in [0, 0.1) is 0 Å². The molecule has 1 heterocycles. The number of amides is 1. The number of rotatable bonds is 2. The normalized spacial score (nSPS) is 11.8. The van der Waals surface area contributed by atoms with Crippen molar-refractivity contribution in [3.63, 3.8) is 0 Å². The van der Waals surface area contributed by atoms with E-state index in [1.165, 1.54) is 12.1 Å². The lowest BCUT2D eigenvalue weighted by Gasteiger charge is -2.06. The number of H-pyrrole nitrogens is 1. The first-order chi connectivity index (χ1) is 10.4. The van der Waals surface area contributed by atoms with Gasteiger partial charge in [-0.05, 0) is 35.9 Å². The van der Waals surface area contributed by atoms with E-state index in [0.717, 1.165) is 12.1 Å². The number of hydrogen-bond acceptors (Lipinski definition) is 1. The number of aromatic nitrogens is 1. The van der Waals surface area contributed by atoms with E-state index in [1.54, 1.807) is 24.3 Å². The lowest BCUT2D eigenvalue weighted by molar-refractivity contribution is -0.137. The van der Waals surface area contributed by atoms with E-state index in [-0.39, 0.29) is 0 Å². The van der Waals surface area contributed by atoms with Crippen LogP contribution in [-0.2, 0) is 6.18 Å². The number of aromatic amines is 1. The van der Waals surface area contributed by atoms with Gasteiger partial charge in [0, 0.05) is 22.2 Å². The van der Waals surface area contributed by atoms with Crippen molar-refractivity contribution in [3.8, 4) is 11.3 Å². The van der Waals surface area contributed by atoms with Gasteiger partial charge in [-0.1, -0.05) is 18.2 Å². The molecule has 3 aromatic rings. The number of nitrogens with one attached hydrogen (secondary N) is 1. The maximum Gasteiger partial charge on any atom is 0.416 e. The SMILES string of the molecule is NC(=O)c1cccc2[nH]c(-c3ccc(C(F)(F)F)cc3)cc12. The summed E-state index contributed by atoms with van der Waals surface area (Å²) in [5.41, 5.74) is 6.90. The summed E-state index contributed by atoms with van der Waals surface area (Å²) in [6.45, 7) is 0. The summed E-state index contributed by atoms with van der Waals surface area (Å²) in [6, 6.07) is 11.6.